The Labute approximate surface area is 234 Å². The van der Waals surface area contributed by atoms with E-state index >= 15 is 0 Å². The SMILES string of the molecule is CCCCCCCC[C@H]1C=C[C@@H](CCCCCCCC)S[C@H]1C(=O)Nc1c(SC)cc(C)nc1SC. The van der Waals surface area contributed by atoms with Crippen LogP contribution in [0.15, 0.2) is 28.1 Å². The molecule has 1 amide bonds. The molecule has 3 atom stereocenters. The van der Waals surface area contributed by atoms with Gasteiger partial charge in [0.2, 0.25) is 5.91 Å². The molecule has 0 spiro atoms. The number of aryl methyl sites for hydroxylation is 1. The first-order chi connectivity index (χ1) is 17.5. The van der Waals surface area contributed by atoms with Crippen molar-refractivity contribution >= 4 is 46.9 Å². The maximum absolute atomic E-state index is 13.8. The molecule has 36 heavy (non-hydrogen) atoms. The summed E-state index contributed by atoms with van der Waals surface area (Å²) in [5.41, 5.74) is 1.89. The maximum atomic E-state index is 13.8. The van der Waals surface area contributed by atoms with E-state index in [1.165, 1.54) is 83.5 Å². The van der Waals surface area contributed by atoms with Gasteiger partial charge >= 0.3 is 0 Å². The third kappa shape index (κ3) is 11.0. The third-order valence-electron chi connectivity index (χ3n) is 7.01. The van der Waals surface area contributed by atoms with Gasteiger partial charge in [0.05, 0.1) is 10.9 Å². The van der Waals surface area contributed by atoms with Gasteiger partial charge in [-0.15, -0.1) is 35.3 Å². The zero-order valence-corrected chi connectivity index (χ0v) is 25.9. The van der Waals surface area contributed by atoms with Gasteiger partial charge in [0.25, 0.3) is 0 Å². The lowest BCUT2D eigenvalue weighted by molar-refractivity contribution is -0.116. The van der Waals surface area contributed by atoms with E-state index in [4.69, 9.17) is 4.98 Å². The van der Waals surface area contributed by atoms with E-state index in [9.17, 15) is 4.79 Å². The third-order valence-corrected chi connectivity index (χ3v) is 10.1. The normalized spacial score (nSPS) is 19.5. The number of amides is 1. The Morgan fingerprint density at radius 2 is 1.50 bits per heavy atom. The summed E-state index contributed by atoms with van der Waals surface area (Å²) in [5.74, 6) is 0.473. The van der Waals surface area contributed by atoms with E-state index in [1.807, 2.05) is 24.9 Å². The molecule has 1 aromatic heterocycles. The molecule has 0 fully saturated rings. The van der Waals surface area contributed by atoms with Crippen molar-refractivity contribution in [3.63, 3.8) is 0 Å². The molecule has 0 saturated carbocycles. The molecule has 0 aromatic carbocycles. The van der Waals surface area contributed by atoms with Crippen molar-refractivity contribution in [1.82, 2.24) is 4.98 Å². The number of pyridine rings is 1. The van der Waals surface area contributed by atoms with Crippen LogP contribution in [0.5, 0.6) is 0 Å². The van der Waals surface area contributed by atoms with Crippen molar-refractivity contribution in [1.29, 1.82) is 0 Å². The number of thioether (sulfide) groups is 3. The Bertz CT molecular complexity index is 773. The lowest BCUT2D eigenvalue weighted by atomic mass is 9.94. The van der Waals surface area contributed by atoms with Crippen molar-refractivity contribution in [2.45, 2.75) is 131 Å². The van der Waals surface area contributed by atoms with Crippen LogP contribution in [0.1, 0.15) is 109 Å². The van der Waals surface area contributed by atoms with E-state index in [0.717, 1.165) is 27.7 Å². The Morgan fingerprint density at radius 3 is 2.11 bits per heavy atom. The number of nitrogens with zero attached hydrogens (tertiary/aromatic N) is 1. The minimum absolute atomic E-state index is 0.0264. The zero-order valence-electron chi connectivity index (χ0n) is 23.4. The number of nitrogens with one attached hydrogen (secondary N) is 1. The molecular formula is C30H50N2OS3. The molecule has 2 rings (SSSR count). The van der Waals surface area contributed by atoms with Crippen LogP contribution in [0.4, 0.5) is 5.69 Å². The van der Waals surface area contributed by atoms with E-state index < -0.39 is 0 Å². The molecule has 0 unspecified atom stereocenters. The predicted molar refractivity (Wildman–Crippen MR) is 165 cm³/mol. The predicted octanol–water partition coefficient (Wildman–Crippen LogP) is 9.93. The highest BCUT2D eigenvalue weighted by Gasteiger charge is 2.33. The summed E-state index contributed by atoms with van der Waals surface area (Å²) in [6.07, 6.45) is 26.9. The maximum Gasteiger partial charge on any atom is 0.238 e. The van der Waals surface area contributed by atoms with Crippen molar-refractivity contribution in [3.05, 3.63) is 23.9 Å². The van der Waals surface area contributed by atoms with Gasteiger partial charge in [-0.05, 0) is 44.3 Å². The molecular weight excluding hydrogens is 501 g/mol. The zero-order chi connectivity index (χ0) is 26.2. The number of unbranched alkanes of at least 4 members (excludes halogenated alkanes) is 10. The molecule has 2 heterocycles. The van der Waals surface area contributed by atoms with Crippen molar-refractivity contribution in [3.8, 4) is 0 Å². The number of rotatable bonds is 18. The summed E-state index contributed by atoms with van der Waals surface area (Å²) in [6, 6.07) is 2.09. The monoisotopic (exact) mass is 550 g/mol. The Hall–Kier alpha value is -0.590. The fraction of sp³-hybridized carbons (Fsp3) is 0.733. The molecule has 0 saturated heterocycles. The number of aromatic nitrogens is 1. The lowest BCUT2D eigenvalue weighted by Crippen LogP contribution is -2.35. The van der Waals surface area contributed by atoms with Gasteiger partial charge in [-0.25, -0.2) is 4.98 Å². The van der Waals surface area contributed by atoms with Gasteiger partial charge in [0.15, 0.2) is 0 Å². The summed E-state index contributed by atoms with van der Waals surface area (Å²) in [4.78, 5) is 19.6. The average molecular weight is 551 g/mol. The number of carbonyl (C=O) groups excluding carboxylic acids is 1. The second kappa shape index (κ2) is 18.6. The second-order valence-electron chi connectivity index (χ2n) is 10.1. The lowest BCUT2D eigenvalue weighted by Gasteiger charge is -2.31. The summed E-state index contributed by atoms with van der Waals surface area (Å²) < 4.78 is 0. The minimum Gasteiger partial charge on any atom is -0.322 e. The van der Waals surface area contributed by atoms with E-state index in [1.54, 1.807) is 23.5 Å². The van der Waals surface area contributed by atoms with Crippen LogP contribution in [0.3, 0.4) is 0 Å². The fourth-order valence-electron chi connectivity index (χ4n) is 4.89. The number of hydrogen-bond acceptors (Lipinski definition) is 5. The number of hydrogen-bond donors (Lipinski definition) is 1. The van der Waals surface area contributed by atoms with Gasteiger partial charge in [-0.1, -0.05) is 103 Å². The Balaban J connectivity index is 2.06. The smallest absolute Gasteiger partial charge is 0.238 e. The van der Waals surface area contributed by atoms with Crippen molar-refractivity contribution in [2.24, 2.45) is 5.92 Å². The van der Waals surface area contributed by atoms with Crippen molar-refractivity contribution in [2.75, 3.05) is 17.8 Å². The molecule has 3 nitrogen and oxygen atoms in total. The highest BCUT2D eigenvalue weighted by molar-refractivity contribution is 8.01. The van der Waals surface area contributed by atoms with Gasteiger partial charge in [0.1, 0.15) is 5.03 Å². The molecule has 6 heteroatoms. The largest absolute Gasteiger partial charge is 0.322 e. The first-order valence-corrected chi connectivity index (χ1v) is 17.7. The van der Waals surface area contributed by atoms with Crippen LogP contribution in [0.25, 0.3) is 0 Å². The molecule has 0 bridgehead atoms. The van der Waals surface area contributed by atoms with Crippen LogP contribution in [0.2, 0.25) is 0 Å². The minimum atomic E-state index is -0.0264. The Kier molecular flexibility index (Phi) is 16.4. The van der Waals surface area contributed by atoms with E-state index in [0.29, 0.717) is 11.2 Å². The van der Waals surface area contributed by atoms with Crippen LogP contribution < -0.4 is 5.32 Å². The first kappa shape index (κ1) is 31.6. The number of anilines is 1. The highest BCUT2D eigenvalue weighted by atomic mass is 32.2. The number of allylic oxidation sites excluding steroid dienone is 1. The standard InChI is InChI=1S/C30H50N2OS3/c1-6-8-10-12-14-16-18-24-20-21-25(19-17-15-13-11-9-7-2)36-28(24)29(33)32-27-26(34-4)22-23(3)31-30(27)35-5/h20-22,24-25,28H,6-19H2,1-5H3,(H,32,33)/t24-,25+,28+/m0/s1. The molecule has 204 valence electrons. The molecule has 1 aliphatic rings. The second-order valence-corrected chi connectivity index (χ2v) is 13.1. The van der Waals surface area contributed by atoms with Gasteiger partial charge < -0.3 is 5.32 Å². The molecule has 1 N–H and O–H groups in total. The highest BCUT2D eigenvalue weighted by Crippen LogP contribution is 2.39. The van der Waals surface area contributed by atoms with Crippen LogP contribution in [-0.4, -0.2) is 33.9 Å². The van der Waals surface area contributed by atoms with Crippen molar-refractivity contribution < 1.29 is 4.79 Å². The van der Waals surface area contributed by atoms with Crippen LogP contribution in [0, 0.1) is 12.8 Å². The van der Waals surface area contributed by atoms with Gasteiger partial charge in [-0.2, -0.15) is 0 Å². The molecule has 1 aromatic rings. The number of carbonyl (C=O) groups is 1. The first-order valence-electron chi connectivity index (χ1n) is 14.3. The topological polar surface area (TPSA) is 42.0 Å². The molecule has 0 radical (unpaired) electrons. The summed E-state index contributed by atoms with van der Waals surface area (Å²) in [6.45, 7) is 6.56. The molecule has 0 aliphatic carbocycles. The average Bonchev–Trinajstić information content (AvgIpc) is 2.89. The molecule has 1 aliphatic heterocycles. The van der Waals surface area contributed by atoms with E-state index in [2.05, 4.69) is 43.6 Å². The summed E-state index contributed by atoms with van der Waals surface area (Å²) >= 11 is 5.20. The van der Waals surface area contributed by atoms with Gasteiger partial charge in [0, 0.05) is 15.8 Å². The fourth-order valence-corrected chi connectivity index (χ4v) is 7.67. The quantitative estimate of drug-likeness (QED) is 0.112. The summed E-state index contributed by atoms with van der Waals surface area (Å²) in [5, 5.41) is 4.68. The Morgan fingerprint density at radius 1 is 0.889 bits per heavy atom. The van der Waals surface area contributed by atoms with Gasteiger partial charge in [-0.3, -0.25) is 4.79 Å². The van der Waals surface area contributed by atoms with Crippen LogP contribution in [-0.2, 0) is 4.79 Å². The van der Waals surface area contributed by atoms with Crippen LogP contribution >= 0.6 is 35.3 Å². The summed E-state index contributed by atoms with van der Waals surface area (Å²) in [7, 11) is 0. The van der Waals surface area contributed by atoms with E-state index in [-0.39, 0.29) is 11.2 Å².